The number of carbonyl (C=O) groups is 2. The highest BCUT2D eigenvalue weighted by molar-refractivity contribution is 6.00. The summed E-state index contributed by atoms with van der Waals surface area (Å²) in [5.74, 6) is -0.640. The van der Waals surface area contributed by atoms with Crippen molar-refractivity contribution in [3.05, 3.63) is 59.2 Å². The molecule has 1 aliphatic rings. The molecule has 2 aromatic carbocycles. The van der Waals surface area contributed by atoms with Crippen molar-refractivity contribution in [1.29, 1.82) is 0 Å². The number of amides is 1. The Balaban J connectivity index is 0.000000989. The van der Waals surface area contributed by atoms with Gasteiger partial charge >= 0.3 is 5.97 Å². The first-order valence-corrected chi connectivity index (χ1v) is 10.3. The number of aliphatic hydroxyl groups excluding tert-OH is 1. The minimum absolute atomic E-state index is 0.190. The van der Waals surface area contributed by atoms with Crippen molar-refractivity contribution in [2.75, 3.05) is 19.7 Å². The molecule has 2 aromatic rings. The second kappa shape index (κ2) is 12.0. The number of likely N-dealkylation sites (tertiary alicyclic amines) is 1. The van der Waals surface area contributed by atoms with Gasteiger partial charge in [-0.1, -0.05) is 57.5 Å². The molecule has 158 valence electrons. The number of ether oxygens (including phenoxy) is 1. The van der Waals surface area contributed by atoms with E-state index in [2.05, 4.69) is 0 Å². The zero-order valence-electron chi connectivity index (χ0n) is 18.4. The first-order valence-electron chi connectivity index (χ1n) is 10.3. The third-order valence-corrected chi connectivity index (χ3v) is 4.23. The number of carbonyl (C=O) groups excluding carboxylic acids is 2. The highest BCUT2D eigenvalue weighted by Gasteiger charge is 2.30. The van der Waals surface area contributed by atoms with Gasteiger partial charge in [-0.25, -0.2) is 4.79 Å². The normalized spacial score (nSPS) is 12.6. The Labute approximate surface area is 174 Å². The van der Waals surface area contributed by atoms with Crippen LogP contribution in [0.15, 0.2) is 42.5 Å². The number of hydrogen-bond acceptors (Lipinski definition) is 4. The number of esters is 1. The van der Waals surface area contributed by atoms with E-state index in [1.807, 2.05) is 58.9 Å². The van der Waals surface area contributed by atoms with E-state index < -0.39 is 12.1 Å². The standard InChI is InChI=1S/C20H21NO4.2C2H6/c1-3-25-20(24)17-9-15(14-6-4-13(2)5-7-14)8-16(10-17)19(23)21-11-18(22)12-21;2*1-2/h4-10,18,22H,3,11-12H2,1-2H3;2*1-2H3. The summed E-state index contributed by atoms with van der Waals surface area (Å²) in [7, 11) is 0. The van der Waals surface area contributed by atoms with Gasteiger partial charge in [0.15, 0.2) is 0 Å². The molecule has 0 aromatic heterocycles. The second-order valence-corrected chi connectivity index (χ2v) is 6.25. The fourth-order valence-electron chi connectivity index (χ4n) is 2.80. The number of benzene rings is 2. The molecule has 0 saturated carbocycles. The molecule has 0 unspecified atom stereocenters. The van der Waals surface area contributed by atoms with Gasteiger partial charge < -0.3 is 14.7 Å². The monoisotopic (exact) mass is 399 g/mol. The molecular weight excluding hydrogens is 366 g/mol. The van der Waals surface area contributed by atoms with Gasteiger partial charge in [-0.2, -0.15) is 0 Å². The van der Waals surface area contributed by atoms with E-state index in [9.17, 15) is 14.7 Å². The van der Waals surface area contributed by atoms with Crippen molar-refractivity contribution < 1.29 is 19.4 Å². The quantitative estimate of drug-likeness (QED) is 0.756. The lowest BCUT2D eigenvalue weighted by Gasteiger charge is -2.36. The number of aliphatic hydroxyl groups is 1. The highest BCUT2D eigenvalue weighted by Crippen LogP contribution is 2.25. The molecule has 1 aliphatic heterocycles. The Morgan fingerprint density at radius 3 is 2.03 bits per heavy atom. The molecule has 1 heterocycles. The lowest BCUT2D eigenvalue weighted by atomic mass is 9.97. The van der Waals surface area contributed by atoms with Crippen molar-refractivity contribution in [2.45, 2.75) is 47.6 Å². The Morgan fingerprint density at radius 1 is 0.966 bits per heavy atom. The minimum Gasteiger partial charge on any atom is -0.462 e. The zero-order chi connectivity index (χ0) is 22.0. The first kappa shape index (κ1) is 24.4. The molecule has 1 fully saturated rings. The SMILES string of the molecule is CC.CC.CCOC(=O)c1cc(C(=O)N2CC(O)C2)cc(-c2ccc(C)cc2)c1. The predicted octanol–water partition coefficient (Wildman–Crippen LogP) is 4.71. The van der Waals surface area contributed by atoms with Crippen LogP contribution in [0.3, 0.4) is 0 Å². The van der Waals surface area contributed by atoms with Crippen LogP contribution in [-0.2, 0) is 4.74 Å². The van der Waals surface area contributed by atoms with Crippen LogP contribution in [0.25, 0.3) is 11.1 Å². The molecular formula is C24H33NO4. The van der Waals surface area contributed by atoms with Crippen LogP contribution < -0.4 is 0 Å². The number of hydrogen-bond donors (Lipinski definition) is 1. The lowest BCUT2D eigenvalue weighted by Crippen LogP contribution is -2.53. The van der Waals surface area contributed by atoms with Gasteiger partial charge in [0, 0.05) is 18.7 Å². The summed E-state index contributed by atoms with van der Waals surface area (Å²) in [4.78, 5) is 26.3. The second-order valence-electron chi connectivity index (χ2n) is 6.25. The third kappa shape index (κ3) is 6.43. The maximum absolute atomic E-state index is 12.6. The van der Waals surface area contributed by atoms with Crippen LogP contribution in [-0.4, -0.2) is 47.7 Å². The molecule has 3 rings (SSSR count). The topological polar surface area (TPSA) is 66.8 Å². The summed E-state index contributed by atoms with van der Waals surface area (Å²) in [5.41, 5.74) is 3.62. The van der Waals surface area contributed by atoms with Gasteiger partial charge in [-0.05, 0) is 43.2 Å². The van der Waals surface area contributed by atoms with Crippen molar-refractivity contribution in [1.82, 2.24) is 4.90 Å². The van der Waals surface area contributed by atoms with Gasteiger partial charge in [0.25, 0.3) is 5.91 Å². The van der Waals surface area contributed by atoms with Gasteiger partial charge in [0.1, 0.15) is 0 Å². The average molecular weight is 400 g/mol. The van der Waals surface area contributed by atoms with Gasteiger partial charge in [0.05, 0.1) is 18.3 Å². The molecule has 0 bridgehead atoms. The van der Waals surface area contributed by atoms with E-state index in [0.29, 0.717) is 24.2 Å². The minimum atomic E-state index is -0.464. The Morgan fingerprint density at radius 2 is 1.52 bits per heavy atom. The highest BCUT2D eigenvalue weighted by atomic mass is 16.5. The molecule has 0 atom stereocenters. The van der Waals surface area contributed by atoms with Crippen molar-refractivity contribution in [2.24, 2.45) is 0 Å². The summed E-state index contributed by atoms with van der Waals surface area (Å²) in [6.45, 7) is 12.7. The van der Waals surface area contributed by atoms with Crippen LogP contribution >= 0.6 is 0 Å². The average Bonchev–Trinajstić information content (AvgIpc) is 2.74. The molecule has 5 heteroatoms. The van der Waals surface area contributed by atoms with Crippen molar-refractivity contribution in [3.8, 4) is 11.1 Å². The number of β-amino-alcohol motifs (C(OH)–C–C–N with tert-alkyl or cyclic N) is 1. The maximum atomic E-state index is 12.6. The largest absolute Gasteiger partial charge is 0.462 e. The smallest absolute Gasteiger partial charge is 0.338 e. The summed E-state index contributed by atoms with van der Waals surface area (Å²) >= 11 is 0. The first-order chi connectivity index (χ1) is 14.0. The Kier molecular flexibility index (Phi) is 10.1. The van der Waals surface area contributed by atoms with E-state index in [0.717, 1.165) is 16.7 Å². The fraction of sp³-hybridized carbons (Fsp3) is 0.417. The van der Waals surface area contributed by atoms with Crippen LogP contribution in [0.2, 0.25) is 0 Å². The molecule has 0 aliphatic carbocycles. The molecule has 5 nitrogen and oxygen atoms in total. The van der Waals surface area contributed by atoms with E-state index in [4.69, 9.17) is 4.74 Å². The van der Waals surface area contributed by atoms with Crippen molar-refractivity contribution in [3.63, 3.8) is 0 Å². The van der Waals surface area contributed by atoms with Crippen LogP contribution in [0.1, 0.15) is 60.9 Å². The number of nitrogens with zero attached hydrogens (tertiary/aromatic N) is 1. The van der Waals surface area contributed by atoms with Crippen molar-refractivity contribution >= 4 is 11.9 Å². The molecule has 29 heavy (non-hydrogen) atoms. The third-order valence-electron chi connectivity index (χ3n) is 4.23. The molecule has 1 amide bonds. The van der Waals surface area contributed by atoms with E-state index in [-0.39, 0.29) is 12.5 Å². The summed E-state index contributed by atoms with van der Waals surface area (Å²) < 4.78 is 5.09. The van der Waals surface area contributed by atoms with Gasteiger partial charge in [-0.15, -0.1) is 0 Å². The summed E-state index contributed by atoms with van der Waals surface area (Å²) in [6, 6.07) is 13.0. The van der Waals surface area contributed by atoms with Crippen LogP contribution in [0.5, 0.6) is 0 Å². The molecule has 1 N–H and O–H groups in total. The zero-order valence-corrected chi connectivity index (χ0v) is 18.4. The lowest BCUT2D eigenvalue weighted by molar-refractivity contribution is 0.00589. The maximum Gasteiger partial charge on any atom is 0.338 e. The molecule has 0 spiro atoms. The Hall–Kier alpha value is -2.66. The van der Waals surface area contributed by atoms with Gasteiger partial charge in [0.2, 0.25) is 0 Å². The molecule has 1 saturated heterocycles. The number of rotatable bonds is 4. The van der Waals surface area contributed by atoms with E-state index in [1.54, 1.807) is 30.0 Å². The number of aryl methyl sites for hydroxylation is 1. The predicted molar refractivity (Wildman–Crippen MR) is 117 cm³/mol. The fourth-order valence-corrected chi connectivity index (χ4v) is 2.80. The van der Waals surface area contributed by atoms with E-state index >= 15 is 0 Å². The van der Waals surface area contributed by atoms with Crippen LogP contribution in [0, 0.1) is 6.92 Å². The summed E-state index contributed by atoms with van der Waals surface area (Å²) in [6.07, 6.45) is -0.464. The van der Waals surface area contributed by atoms with Crippen LogP contribution in [0.4, 0.5) is 0 Å². The van der Waals surface area contributed by atoms with E-state index in [1.165, 1.54) is 0 Å². The summed E-state index contributed by atoms with van der Waals surface area (Å²) in [5, 5.41) is 9.42. The van der Waals surface area contributed by atoms with Gasteiger partial charge in [-0.3, -0.25) is 4.79 Å². The molecule has 0 radical (unpaired) electrons. The Bertz CT molecular complexity index is 793.